The molecule has 164 valence electrons. The first-order valence-corrected chi connectivity index (χ1v) is 10.7. The summed E-state index contributed by atoms with van der Waals surface area (Å²) in [5.41, 5.74) is 2.48. The van der Waals surface area contributed by atoms with Crippen LogP contribution in [0, 0.1) is 11.6 Å². The smallest absolute Gasteiger partial charge is 0.243 e. The number of halogens is 3. The summed E-state index contributed by atoms with van der Waals surface area (Å²) >= 11 is 6.18. The van der Waals surface area contributed by atoms with Crippen LogP contribution < -0.4 is 4.90 Å². The van der Waals surface area contributed by atoms with Gasteiger partial charge in [0, 0.05) is 23.5 Å². The quantitative estimate of drug-likeness (QED) is 0.360. The molecule has 2 heterocycles. The van der Waals surface area contributed by atoms with Crippen molar-refractivity contribution in [3.63, 3.8) is 0 Å². The minimum absolute atomic E-state index is 0.114. The highest BCUT2D eigenvalue weighted by Gasteiger charge is 2.48. The summed E-state index contributed by atoms with van der Waals surface area (Å²) in [6.45, 7) is 1.79. The second-order valence-electron chi connectivity index (χ2n) is 8.23. The summed E-state index contributed by atoms with van der Waals surface area (Å²) in [5, 5.41) is 0.600. The highest BCUT2D eigenvalue weighted by Crippen LogP contribution is 2.48. The fourth-order valence-electron chi connectivity index (χ4n) is 4.42. The minimum atomic E-state index is -1.08. The zero-order chi connectivity index (χ0) is 23.2. The Morgan fingerprint density at radius 3 is 2.42 bits per heavy atom. The lowest BCUT2D eigenvalue weighted by Gasteiger charge is -2.24. The Hall–Kier alpha value is -3.64. The maximum absolute atomic E-state index is 13.9. The Labute approximate surface area is 194 Å². The van der Waals surface area contributed by atoms with Crippen molar-refractivity contribution < 1.29 is 13.6 Å². The van der Waals surface area contributed by atoms with E-state index in [1.807, 2.05) is 36.4 Å². The average molecular weight is 462 g/mol. The van der Waals surface area contributed by atoms with E-state index in [0.29, 0.717) is 22.1 Å². The van der Waals surface area contributed by atoms with Crippen molar-refractivity contribution in [3.8, 4) is 11.1 Å². The number of fused-ring (bicyclic) bond motifs is 1. The first-order chi connectivity index (χ1) is 15.8. The number of hydrogen-bond acceptors (Lipinski definition) is 3. The number of hydrogen-bond donors (Lipinski definition) is 0. The van der Waals surface area contributed by atoms with E-state index in [-0.39, 0.29) is 12.3 Å². The molecule has 0 fully saturated rings. The number of rotatable bonds is 4. The van der Waals surface area contributed by atoms with E-state index in [9.17, 15) is 13.6 Å². The van der Waals surface area contributed by atoms with Crippen molar-refractivity contribution in [2.24, 2.45) is 0 Å². The fourth-order valence-corrected chi connectivity index (χ4v) is 4.61. The number of benzene rings is 3. The molecule has 5 rings (SSSR count). The summed E-state index contributed by atoms with van der Waals surface area (Å²) in [6.07, 6.45) is 4.67. The van der Waals surface area contributed by atoms with Gasteiger partial charge < -0.3 is 0 Å². The highest BCUT2D eigenvalue weighted by atomic mass is 35.5. The van der Waals surface area contributed by atoms with Crippen LogP contribution in [-0.4, -0.2) is 15.9 Å². The molecule has 1 amide bonds. The van der Waals surface area contributed by atoms with Gasteiger partial charge in [0.2, 0.25) is 5.91 Å². The molecule has 1 atom stereocenters. The Morgan fingerprint density at radius 2 is 1.73 bits per heavy atom. The Morgan fingerprint density at radius 1 is 0.970 bits per heavy atom. The molecule has 4 aromatic rings. The van der Waals surface area contributed by atoms with Crippen LogP contribution in [-0.2, 0) is 16.6 Å². The molecule has 1 aromatic heterocycles. The predicted octanol–water partition coefficient (Wildman–Crippen LogP) is 6.25. The molecule has 0 saturated carbocycles. The lowest BCUT2D eigenvalue weighted by molar-refractivity contribution is -0.122. The van der Waals surface area contributed by atoms with E-state index in [1.54, 1.807) is 13.0 Å². The molecule has 7 heteroatoms. The van der Waals surface area contributed by atoms with E-state index in [4.69, 9.17) is 11.6 Å². The van der Waals surface area contributed by atoms with E-state index < -0.39 is 17.0 Å². The molecule has 0 saturated heterocycles. The van der Waals surface area contributed by atoms with Crippen LogP contribution in [0.3, 0.4) is 0 Å². The van der Waals surface area contributed by atoms with Gasteiger partial charge in [-0.1, -0.05) is 29.8 Å². The topological polar surface area (TPSA) is 46.1 Å². The van der Waals surface area contributed by atoms with Crippen molar-refractivity contribution in [2.75, 3.05) is 4.90 Å². The van der Waals surface area contributed by atoms with Gasteiger partial charge >= 0.3 is 0 Å². The largest absolute Gasteiger partial charge is 0.273 e. The van der Waals surface area contributed by atoms with Crippen molar-refractivity contribution >= 4 is 29.0 Å². The molecule has 0 N–H and O–H groups in total. The van der Waals surface area contributed by atoms with Gasteiger partial charge in [-0.25, -0.2) is 13.8 Å². The average Bonchev–Trinajstić information content (AvgIpc) is 3.00. The van der Waals surface area contributed by atoms with E-state index in [0.717, 1.165) is 22.8 Å². The lowest BCUT2D eigenvalue weighted by Crippen LogP contribution is -2.38. The second kappa shape index (κ2) is 8.05. The van der Waals surface area contributed by atoms with Crippen LogP contribution in [0.2, 0.25) is 5.02 Å². The molecule has 0 radical (unpaired) electrons. The summed E-state index contributed by atoms with van der Waals surface area (Å²) in [5.74, 6) is -1.23. The Balaban J connectivity index is 1.68. The number of anilines is 2. The molecule has 1 unspecified atom stereocenters. The number of carbonyl (C=O) groups excluding carboxylic acids is 1. The molecular weight excluding hydrogens is 444 g/mol. The third-order valence-electron chi connectivity index (χ3n) is 5.92. The van der Waals surface area contributed by atoms with Crippen molar-refractivity contribution in [2.45, 2.75) is 18.8 Å². The molecule has 1 aliphatic rings. The van der Waals surface area contributed by atoms with E-state index in [2.05, 4.69) is 9.97 Å². The van der Waals surface area contributed by atoms with Gasteiger partial charge in [0.05, 0.1) is 17.3 Å². The van der Waals surface area contributed by atoms with Crippen molar-refractivity contribution in [3.05, 3.63) is 107 Å². The van der Waals surface area contributed by atoms with Gasteiger partial charge in [0.25, 0.3) is 0 Å². The molecule has 3 aromatic carbocycles. The monoisotopic (exact) mass is 461 g/mol. The van der Waals surface area contributed by atoms with Crippen LogP contribution in [0.5, 0.6) is 0 Å². The number of nitrogens with zero attached hydrogens (tertiary/aromatic N) is 3. The van der Waals surface area contributed by atoms with Gasteiger partial charge in [-0.3, -0.25) is 14.7 Å². The summed E-state index contributed by atoms with van der Waals surface area (Å²) in [4.78, 5) is 23.7. The highest BCUT2D eigenvalue weighted by molar-refractivity contribution is 6.30. The number of aromatic nitrogens is 2. The molecule has 33 heavy (non-hydrogen) atoms. The maximum Gasteiger partial charge on any atom is 0.243 e. The van der Waals surface area contributed by atoms with Gasteiger partial charge in [-0.2, -0.15) is 0 Å². The number of carbonyl (C=O) groups is 1. The molecule has 0 bridgehead atoms. The first kappa shape index (κ1) is 21.2. The van der Waals surface area contributed by atoms with Gasteiger partial charge in [-0.15, -0.1) is 0 Å². The first-order valence-electron chi connectivity index (χ1n) is 10.3. The van der Waals surface area contributed by atoms with Gasteiger partial charge in [0.1, 0.15) is 11.6 Å². The normalized spacial score (nSPS) is 17.3. The third-order valence-corrected chi connectivity index (χ3v) is 6.16. The third kappa shape index (κ3) is 3.76. The summed E-state index contributed by atoms with van der Waals surface area (Å²) < 4.78 is 27.8. The van der Waals surface area contributed by atoms with E-state index in [1.165, 1.54) is 35.6 Å². The van der Waals surface area contributed by atoms with Crippen LogP contribution >= 0.6 is 11.6 Å². The Kier molecular flexibility index (Phi) is 5.17. The second-order valence-corrected chi connectivity index (χ2v) is 8.67. The zero-order valence-corrected chi connectivity index (χ0v) is 18.4. The SMILES string of the molecule is CC1(Cc2cc(F)cc(F)c2)C(=O)N(c2cnccn2)c2ccc(-c3cccc(Cl)c3)cc21. The van der Waals surface area contributed by atoms with Crippen LogP contribution in [0.1, 0.15) is 18.1 Å². The fraction of sp³-hybridized carbons (Fsp3) is 0.115. The predicted molar refractivity (Wildman–Crippen MR) is 123 cm³/mol. The maximum atomic E-state index is 13.9. The molecule has 0 aliphatic carbocycles. The van der Waals surface area contributed by atoms with Crippen molar-refractivity contribution in [1.29, 1.82) is 0 Å². The summed E-state index contributed by atoms with van der Waals surface area (Å²) in [7, 11) is 0. The van der Waals surface area contributed by atoms with Gasteiger partial charge in [0.15, 0.2) is 5.82 Å². The van der Waals surface area contributed by atoms with Crippen LogP contribution in [0.25, 0.3) is 11.1 Å². The standard InChI is InChI=1S/C26H18ClF2N3O/c1-26(14-16-9-20(28)13-21(29)10-16)22-12-18(17-3-2-4-19(27)11-17)5-6-23(22)32(25(26)33)24-15-30-7-8-31-24/h2-13,15H,14H2,1H3. The Bertz CT molecular complexity index is 1360. The molecule has 1 aliphatic heterocycles. The minimum Gasteiger partial charge on any atom is -0.273 e. The zero-order valence-electron chi connectivity index (χ0n) is 17.6. The van der Waals surface area contributed by atoms with Crippen molar-refractivity contribution in [1.82, 2.24) is 9.97 Å². The van der Waals surface area contributed by atoms with Gasteiger partial charge in [-0.05, 0) is 72.0 Å². The van der Waals surface area contributed by atoms with E-state index >= 15 is 0 Å². The number of amides is 1. The molecule has 0 spiro atoms. The lowest BCUT2D eigenvalue weighted by atomic mass is 9.77. The summed E-state index contributed by atoms with van der Waals surface area (Å²) in [6, 6.07) is 16.5. The van der Waals surface area contributed by atoms with Crippen LogP contribution in [0.4, 0.5) is 20.3 Å². The van der Waals surface area contributed by atoms with Crippen LogP contribution in [0.15, 0.2) is 79.3 Å². The molecular formula is C26H18ClF2N3O. The molecule has 4 nitrogen and oxygen atoms in total.